The molecule has 9 heteroatoms. The molecule has 0 radical (unpaired) electrons. The molecule has 0 spiro atoms. The first-order chi connectivity index (χ1) is 17.8. The molecule has 0 amide bonds. The van der Waals surface area contributed by atoms with Gasteiger partial charge in [0.2, 0.25) is 5.75 Å². The number of hydrogen-bond acceptors (Lipinski definition) is 5. The van der Waals surface area contributed by atoms with Gasteiger partial charge in [0, 0.05) is 17.2 Å². The summed E-state index contributed by atoms with van der Waals surface area (Å²) in [6.07, 6.45) is 6.07. The van der Waals surface area contributed by atoms with Gasteiger partial charge in [-0.2, -0.15) is 13.2 Å². The van der Waals surface area contributed by atoms with E-state index in [1.165, 1.54) is 58.8 Å². The molecular weight excluding hydrogens is 483 g/mol. The molecule has 196 valence electrons. The molecule has 4 aliphatic carbocycles. The van der Waals surface area contributed by atoms with E-state index in [4.69, 9.17) is 19.2 Å². The second-order valence-corrected chi connectivity index (χ2v) is 10.9. The molecule has 1 aromatic carbocycles. The molecular formula is C28H30F3N3O3. The van der Waals surface area contributed by atoms with Gasteiger partial charge in [0.15, 0.2) is 11.5 Å². The van der Waals surface area contributed by atoms with Gasteiger partial charge in [-0.25, -0.2) is 4.98 Å². The lowest BCUT2D eigenvalue weighted by atomic mass is 9.49. The molecule has 7 rings (SSSR count). The smallest absolute Gasteiger partial charge is 0.417 e. The number of aromatic amines is 1. The van der Waals surface area contributed by atoms with E-state index in [2.05, 4.69) is 9.97 Å². The highest BCUT2D eigenvalue weighted by Gasteiger charge is 2.53. The number of pyridine rings is 1. The Hall–Kier alpha value is -3.23. The number of alkyl halides is 3. The monoisotopic (exact) mass is 513 g/mol. The van der Waals surface area contributed by atoms with Crippen molar-refractivity contribution in [3.8, 4) is 28.5 Å². The first-order valence-corrected chi connectivity index (χ1v) is 12.7. The second kappa shape index (κ2) is 8.96. The van der Waals surface area contributed by atoms with Crippen molar-refractivity contribution >= 4 is 0 Å². The fraction of sp³-hybridized carbons (Fsp3) is 0.500. The molecule has 4 fully saturated rings. The van der Waals surface area contributed by atoms with Crippen LogP contribution in [0.5, 0.6) is 17.2 Å². The van der Waals surface area contributed by atoms with Crippen LogP contribution < -0.4 is 14.2 Å². The maximum absolute atomic E-state index is 12.8. The van der Waals surface area contributed by atoms with Gasteiger partial charge in [-0.15, -0.1) is 0 Å². The molecule has 6 nitrogen and oxygen atoms in total. The van der Waals surface area contributed by atoms with Crippen molar-refractivity contribution in [1.82, 2.24) is 15.0 Å². The zero-order valence-electron chi connectivity index (χ0n) is 20.9. The second-order valence-electron chi connectivity index (χ2n) is 10.9. The van der Waals surface area contributed by atoms with Crippen molar-refractivity contribution in [3.63, 3.8) is 0 Å². The van der Waals surface area contributed by atoms with Crippen LogP contribution in [0.3, 0.4) is 0 Å². The molecule has 2 heterocycles. The van der Waals surface area contributed by atoms with Crippen LogP contribution in [0, 0.1) is 17.8 Å². The van der Waals surface area contributed by atoms with E-state index in [0.29, 0.717) is 22.9 Å². The summed E-state index contributed by atoms with van der Waals surface area (Å²) in [5, 5.41) is 0. The van der Waals surface area contributed by atoms with Crippen molar-refractivity contribution in [2.24, 2.45) is 17.8 Å². The van der Waals surface area contributed by atoms with Crippen molar-refractivity contribution in [2.75, 3.05) is 14.2 Å². The molecule has 1 N–H and O–H groups in total. The highest BCUT2D eigenvalue weighted by molar-refractivity contribution is 5.68. The number of benzene rings is 1. The van der Waals surface area contributed by atoms with Gasteiger partial charge in [0.1, 0.15) is 12.4 Å². The third kappa shape index (κ3) is 4.42. The zero-order chi connectivity index (χ0) is 25.8. The zero-order valence-corrected chi connectivity index (χ0v) is 20.9. The summed E-state index contributed by atoms with van der Waals surface area (Å²) in [5.74, 6) is 4.84. The predicted molar refractivity (Wildman–Crippen MR) is 131 cm³/mol. The largest absolute Gasteiger partial charge is 0.493 e. The number of H-pyrrole nitrogens is 1. The number of rotatable bonds is 7. The van der Waals surface area contributed by atoms with E-state index >= 15 is 0 Å². The van der Waals surface area contributed by atoms with Crippen LogP contribution in [0.2, 0.25) is 0 Å². The first kappa shape index (κ1) is 24.1. The van der Waals surface area contributed by atoms with Gasteiger partial charge in [0.05, 0.1) is 37.4 Å². The van der Waals surface area contributed by atoms with Gasteiger partial charge >= 0.3 is 6.18 Å². The number of halogens is 3. The Labute approximate surface area is 213 Å². The lowest BCUT2D eigenvalue weighted by Gasteiger charge is -2.56. The van der Waals surface area contributed by atoms with E-state index in [0.717, 1.165) is 47.1 Å². The Morgan fingerprint density at radius 3 is 2.05 bits per heavy atom. The van der Waals surface area contributed by atoms with Gasteiger partial charge in [0.25, 0.3) is 0 Å². The molecule has 4 bridgehead atoms. The van der Waals surface area contributed by atoms with E-state index < -0.39 is 11.7 Å². The highest BCUT2D eigenvalue weighted by Crippen LogP contribution is 2.60. The van der Waals surface area contributed by atoms with Gasteiger partial charge < -0.3 is 19.2 Å². The summed E-state index contributed by atoms with van der Waals surface area (Å²) >= 11 is 0. The number of imidazole rings is 1. The molecule has 2 aromatic heterocycles. The fourth-order valence-electron chi connectivity index (χ4n) is 7.14. The average molecular weight is 514 g/mol. The summed E-state index contributed by atoms with van der Waals surface area (Å²) in [5.41, 5.74) is 1.47. The Balaban J connectivity index is 1.24. The Bertz CT molecular complexity index is 1230. The molecule has 4 saturated carbocycles. The van der Waals surface area contributed by atoms with Gasteiger partial charge in [-0.05, 0) is 80.5 Å². The lowest BCUT2D eigenvalue weighted by Crippen LogP contribution is -2.49. The number of methoxy groups -OCH3 is 2. The minimum atomic E-state index is -4.43. The topological polar surface area (TPSA) is 69.3 Å². The third-order valence-corrected chi connectivity index (χ3v) is 8.40. The van der Waals surface area contributed by atoms with Crippen LogP contribution in [-0.4, -0.2) is 29.2 Å². The number of ether oxygens (including phenoxy) is 3. The molecule has 4 aliphatic rings. The number of aromatic nitrogens is 3. The molecule has 3 aromatic rings. The van der Waals surface area contributed by atoms with Crippen molar-refractivity contribution in [2.45, 2.75) is 56.7 Å². The third-order valence-electron chi connectivity index (χ3n) is 8.40. The molecule has 0 aliphatic heterocycles. The molecule has 0 unspecified atom stereocenters. The van der Waals surface area contributed by atoms with Crippen molar-refractivity contribution in [3.05, 3.63) is 53.7 Å². The van der Waals surface area contributed by atoms with Crippen LogP contribution in [0.1, 0.15) is 55.6 Å². The van der Waals surface area contributed by atoms with Crippen LogP contribution in [-0.2, 0) is 18.2 Å². The number of nitrogens with one attached hydrogen (secondary N) is 1. The van der Waals surface area contributed by atoms with E-state index in [1.807, 2.05) is 18.3 Å². The van der Waals surface area contributed by atoms with Crippen LogP contribution in [0.15, 0.2) is 36.7 Å². The summed E-state index contributed by atoms with van der Waals surface area (Å²) in [6, 6.07) is 6.00. The standard InChI is InChI=1S/C28H30F3N3O3/c1-35-23-8-19(9-24(36-2)25(23)37-15-21-4-3-20(13-32-21)28(29,30)31)22-14-33-26(34-22)27-10-16-5-17(11-27)7-18(6-16)12-27/h3-4,8-9,13-14,16-18H,5-7,10-12,15H2,1-2H3,(H,33,34). The van der Waals surface area contributed by atoms with E-state index in [9.17, 15) is 13.2 Å². The van der Waals surface area contributed by atoms with Crippen molar-refractivity contribution in [1.29, 1.82) is 0 Å². The fourth-order valence-corrected chi connectivity index (χ4v) is 7.14. The summed E-state index contributed by atoms with van der Waals surface area (Å²) in [4.78, 5) is 12.4. The Morgan fingerprint density at radius 1 is 0.919 bits per heavy atom. The van der Waals surface area contributed by atoms with Gasteiger partial charge in [-0.1, -0.05) is 0 Å². The van der Waals surface area contributed by atoms with Crippen LogP contribution in [0.4, 0.5) is 13.2 Å². The predicted octanol–water partition coefficient (Wildman–Crippen LogP) is 6.55. The van der Waals surface area contributed by atoms with E-state index in [1.54, 1.807) is 0 Å². The van der Waals surface area contributed by atoms with Crippen LogP contribution >= 0.6 is 0 Å². The SMILES string of the molecule is COc1cc(-c2cnc(C34CC5CC(CC(C5)C3)C4)[nH]2)cc(OC)c1OCc1ccc(C(F)(F)F)cn1. The summed E-state index contributed by atoms with van der Waals surface area (Å²) in [6.45, 7) is -0.0373. The minimum Gasteiger partial charge on any atom is -0.493 e. The highest BCUT2D eigenvalue weighted by atomic mass is 19.4. The molecule has 37 heavy (non-hydrogen) atoms. The average Bonchev–Trinajstić information content (AvgIpc) is 3.37. The normalized spacial score (nSPS) is 26.4. The van der Waals surface area contributed by atoms with Gasteiger partial charge in [-0.3, -0.25) is 4.98 Å². The molecule has 0 atom stereocenters. The minimum absolute atomic E-state index is 0.0373. The Morgan fingerprint density at radius 2 is 1.54 bits per heavy atom. The first-order valence-electron chi connectivity index (χ1n) is 12.7. The van der Waals surface area contributed by atoms with E-state index in [-0.39, 0.29) is 12.0 Å². The maximum Gasteiger partial charge on any atom is 0.417 e. The Kier molecular flexibility index (Phi) is 5.84. The molecule has 0 saturated heterocycles. The lowest BCUT2D eigenvalue weighted by molar-refractivity contribution is -0.137. The van der Waals surface area contributed by atoms with Crippen LogP contribution in [0.25, 0.3) is 11.3 Å². The summed E-state index contributed by atoms with van der Waals surface area (Å²) in [7, 11) is 3.07. The van der Waals surface area contributed by atoms with Crippen molar-refractivity contribution < 1.29 is 27.4 Å². The number of hydrogen-bond donors (Lipinski definition) is 1. The maximum atomic E-state index is 12.8. The summed E-state index contributed by atoms with van der Waals surface area (Å²) < 4.78 is 55.6. The number of nitrogens with zero attached hydrogens (tertiary/aromatic N) is 2. The quantitative estimate of drug-likeness (QED) is 0.388.